The molecule has 5 nitrogen and oxygen atoms in total. The Balaban J connectivity index is 1.30. The van der Waals surface area contributed by atoms with E-state index < -0.39 is 11.6 Å². The highest BCUT2D eigenvalue weighted by molar-refractivity contribution is 6.32. The number of halogens is 3. The van der Waals surface area contributed by atoms with Crippen molar-refractivity contribution in [2.75, 3.05) is 25.5 Å². The monoisotopic (exact) mass is 460 g/mol. The minimum Gasteiger partial charge on any atom is -0.495 e. The van der Waals surface area contributed by atoms with E-state index in [-0.39, 0.29) is 28.7 Å². The van der Waals surface area contributed by atoms with E-state index in [0.717, 1.165) is 25.3 Å². The molecule has 0 radical (unpaired) electrons. The maximum atomic E-state index is 13.7. The van der Waals surface area contributed by atoms with Crippen LogP contribution in [-0.2, 0) is 9.59 Å². The number of nitrogens with one attached hydrogen (secondary N) is 1. The van der Waals surface area contributed by atoms with Crippen LogP contribution in [0.5, 0.6) is 5.75 Å². The molecule has 1 saturated carbocycles. The zero-order valence-electron chi connectivity index (χ0n) is 17.5. The molecule has 1 atom stereocenters. The van der Waals surface area contributed by atoms with Gasteiger partial charge in [-0.3, -0.25) is 9.59 Å². The third kappa shape index (κ3) is 4.48. The highest BCUT2D eigenvalue weighted by Crippen LogP contribution is 2.59. The van der Waals surface area contributed by atoms with Gasteiger partial charge in [0, 0.05) is 36.3 Å². The summed E-state index contributed by atoms with van der Waals surface area (Å²) in [7, 11) is 1.53. The number of hydrogen-bond acceptors (Lipinski definition) is 3. The molecular formula is C24H23ClF2N2O3. The summed E-state index contributed by atoms with van der Waals surface area (Å²) in [5, 5.41) is 3.34. The number of methoxy groups -OCH3 is 1. The Bertz CT molecular complexity index is 1080. The van der Waals surface area contributed by atoms with E-state index in [4.69, 9.17) is 16.3 Å². The van der Waals surface area contributed by atoms with Gasteiger partial charge in [-0.1, -0.05) is 23.7 Å². The first kappa shape index (κ1) is 22.3. The Morgan fingerprint density at radius 2 is 1.97 bits per heavy atom. The summed E-state index contributed by atoms with van der Waals surface area (Å²) in [5.41, 5.74) is 0.560. The van der Waals surface area contributed by atoms with Crippen LogP contribution in [0.4, 0.5) is 14.5 Å². The van der Waals surface area contributed by atoms with Gasteiger partial charge in [0.2, 0.25) is 11.8 Å². The van der Waals surface area contributed by atoms with E-state index in [1.54, 1.807) is 23.1 Å². The lowest BCUT2D eigenvalue weighted by molar-refractivity contribution is -0.127. The van der Waals surface area contributed by atoms with E-state index in [1.165, 1.54) is 31.4 Å². The van der Waals surface area contributed by atoms with Crippen LogP contribution in [0.25, 0.3) is 6.08 Å². The zero-order valence-corrected chi connectivity index (χ0v) is 18.3. The molecule has 32 heavy (non-hydrogen) atoms. The van der Waals surface area contributed by atoms with Gasteiger partial charge in [-0.05, 0) is 55.0 Å². The first-order valence-electron chi connectivity index (χ1n) is 10.4. The molecule has 2 aliphatic rings. The van der Waals surface area contributed by atoms with Crippen molar-refractivity contribution in [1.82, 2.24) is 4.90 Å². The van der Waals surface area contributed by atoms with Crippen molar-refractivity contribution in [2.45, 2.75) is 19.3 Å². The number of benzene rings is 2. The second-order valence-electron chi connectivity index (χ2n) is 8.26. The van der Waals surface area contributed by atoms with Crippen LogP contribution in [0.1, 0.15) is 24.8 Å². The lowest BCUT2D eigenvalue weighted by atomic mass is 9.90. The first-order chi connectivity index (χ1) is 15.3. The summed E-state index contributed by atoms with van der Waals surface area (Å²) in [4.78, 5) is 26.8. The van der Waals surface area contributed by atoms with Crippen molar-refractivity contribution in [2.24, 2.45) is 11.3 Å². The largest absolute Gasteiger partial charge is 0.495 e. The number of likely N-dealkylation sites (tertiary alicyclic amines) is 1. The summed E-state index contributed by atoms with van der Waals surface area (Å²) < 4.78 is 32.2. The number of ether oxygens (including phenoxy) is 1. The minimum absolute atomic E-state index is 0.0318. The van der Waals surface area contributed by atoms with Gasteiger partial charge >= 0.3 is 0 Å². The van der Waals surface area contributed by atoms with E-state index in [1.807, 2.05) is 0 Å². The van der Waals surface area contributed by atoms with Crippen molar-refractivity contribution in [3.05, 3.63) is 64.7 Å². The molecule has 0 bridgehead atoms. The standard InChI is InChI=1S/C24H23ClF2N2O3/c1-32-20-7-6-16(13-18(20)25)28-23(31)17-14-24(17)9-11-29(12-10-24)21(30)8-5-15-3-2-4-19(26)22(15)27/h2-8,13,17H,9-12,14H2,1H3,(H,28,31)/b8-5+/t17-/m1/s1. The van der Waals surface area contributed by atoms with Crippen LogP contribution in [0, 0.1) is 23.0 Å². The minimum atomic E-state index is -0.973. The maximum absolute atomic E-state index is 13.7. The average Bonchev–Trinajstić information content (AvgIpc) is 3.48. The molecule has 8 heteroatoms. The number of rotatable bonds is 5. The second-order valence-corrected chi connectivity index (χ2v) is 8.67. The molecule has 1 N–H and O–H groups in total. The van der Waals surface area contributed by atoms with Gasteiger partial charge in [-0.2, -0.15) is 0 Å². The Kier molecular flexibility index (Phi) is 6.20. The predicted octanol–water partition coefficient (Wildman–Crippen LogP) is 4.91. The second kappa shape index (κ2) is 8.90. The van der Waals surface area contributed by atoms with E-state index in [9.17, 15) is 18.4 Å². The van der Waals surface area contributed by atoms with E-state index in [0.29, 0.717) is 29.5 Å². The molecule has 0 unspecified atom stereocenters. The molecule has 2 fully saturated rings. The summed E-state index contributed by atoms with van der Waals surface area (Å²) in [6, 6.07) is 8.94. The van der Waals surface area contributed by atoms with Crippen molar-refractivity contribution < 1.29 is 23.1 Å². The molecule has 2 amide bonds. The average molecular weight is 461 g/mol. The van der Waals surface area contributed by atoms with Crippen LogP contribution < -0.4 is 10.1 Å². The van der Waals surface area contributed by atoms with Crippen molar-refractivity contribution in [1.29, 1.82) is 0 Å². The summed E-state index contributed by atoms with van der Waals surface area (Å²) >= 11 is 6.12. The van der Waals surface area contributed by atoms with Gasteiger partial charge in [0.15, 0.2) is 11.6 Å². The van der Waals surface area contributed by atoms with Crippen molar-refractivity contribution in [3.8, 4) is 5.75 Å². The smallest absolute Gasteiger partial charge is 0.246 e. The molecule has 1 aliphatic heterocycles. The van der Waals surface area contributed by atoms with Crippen LogP contribution in [0.3, 0.4) is 0 Å². The SMILES string of the molecule is COc1ccc(NC(=O)[C@H]2CC23CCN(C(=O)/C=C/c2cccc(F)c2F)CC3)cc1Cl. The summed E-state index contributed by atoms with van der Waals surface area (Å²) in [6.07, 6.45) is 4.79. The Hall–Kier alpha value is -2.93. The number of carbonyl (C=O) groups is 2. The van der Waals surface area contributed by atoms with Crippen LogP contribution >= 0.6 is 11.6 Å². The normalized spacial score (nSPS) is 19.2. The maximum Gasteiger partial charge on any atom is 0.246 e. The Morgan fingerprint density at radius 3 is 2.66 bits per heavy atom. The molecule has 2 aromatic carbocycles. The molecule has 1 heterocycles. The molecule has 1 spiro atoms. The molecular weight excluding hydrogens is 438 g/mol. The number of piperidine rings is 1. The Labute approximate surface area is 190 Å². The first-order valence-corrected chi connectivity index (χ1v) is 10.8. The van der Waals surface area contributed by atoms with Gasteiger partial charge in [0.1, 0.15) is 5.75 Å². The predicted molar refractivity (Wildman–Crippen MR) is 118 cm³/mol. The van der Waals surface area contributed by atoms with Gasteiger partial charge in [0.05, 0.1) is 12.1 Å². The third-order valence-corrected chi connectivity index (χ3v) is 6.68. The molecule has 4 rings (SSSR count). The van der Waals surface area contributed by atoms with Crippen LogP contribution in [0.15, 0.2) is 42.5 Å². The summed E-state index contributed by atoms with van der Waals surface area (Å²) in [5.74, 6) is -1.78. The molecule has 0 aromatic heterocycles. The fraction of sp³-hybridized carbons (Fsp3) is 0.333. The third-order valence-electron chi connectivity index (χ3n) is 6.38. The van der Waals surface area contributed by atoms with Gasteiger partial charge in [-0.15, -0.1) is 0 Å². The van der Waals surface area contributed by atoms with Gasteiger partial charge in [0.25, 0.3) is 0 Å². The zero-order chi connectivity index (χ0) is 22.9. The van der Waals surface area contributed by atoms with Crippen molar-refractivity contribution >= 4 is 35.2 Å². The summed E-state index contributed by atoms with van der Waals surface area (Å²) in [6.45, 7) is 1.04. The number of amides is 2. The number of hydrogen-bond donors (Lipinski definition) is 1. The number of nitrogens with zero attached hydrogens (tertiary/aromatic N) is 1. The lowest BCUT2D eigenvalue weighted by Crippen LogP contribution is -2.39. The van der Waals surface area contributed by atoms with Crippen LogP contribution in [0.2, 0.25) is 5.02 Å². The number of anilines is 1. The van der Waals surface area contributed by atoms with Gasteiger partial charge < -0.3 is 15.0 Å². The van der Waals surface area contributed by atoms with Crippen molar-refractivity contribution in [3.63, 3.8) is 0 Å². The lowest BCUT2D eigenvalue weighted by Gasteiger charge is -2.32. The van der Waals surface area contributed by atoms with Gasteiger partial charge in [-0.25, -0.2) is 8.78 Å². The molecule has 168 valence electrons. The topological polar surface area (TPSA) is 58.6 Å². The van der Waals surface area contributed by atoms with E-state index in [2.05, 4.69) is 5.32 Å². The highest BCUT2D eigenvalue weighted by atomic mass is 35.5. The fourth-order valence-corrected chi connectivity index (χ4v) is 4.59. The molecule has 2 aromatic rings. The molecule has 1 aliphatic carbocycles. The Morgan fingerprint density at radius 1 is 1.22 bits per heavy atom. The van der Waals surface area contributed by atoms with E-state index >= 15 is 0 Å². The molecule has 1 saturated heterocycles. The fourth-order valence-electron chi connectivity index (χ4n) is 4.33. The quantitative estimate of drug-likeness (QED) is 0.645. The highest BCUT2D eigenvalue weighted by Gasteiger charge is 2.58. The van der Waals surface area contributed by atoms with Crippen LogP contribution in [-0.4, -0.2) is 36.9 Å². The number of carbonyl (C=O) groups excluding carboxylic acids is 2.